The molecular weight excluding hydrogens is 347 g/mol. The van der Waals surface area contributed by atoms with Crippen molar-refractivity contribution in [3.05, 3.63) is 35.9 Å². The summed E-state index contributed by atoms with van der Waals surface area (Å²) in [5.74, 6) is 0.707. The van der Waals surface area contributed by atoms with E-state index in [1.165, 1.54) is 16.4 Å². The molecule has 2 heterocycles. The lowest BCUT2D eigenvalue weighted by Gasteiger charge is -2.20. The van der Waals surface area contributed by atoms with Crippen LogP contribution in [0.2, 0.25) is 0 Å². The molecule has 1 aromatic carbocycles. The number of aromatic nitrogens is 2. The molecule has 0 bridgehead atoms. The second-order valence-corrected chi connectivity index (χ2v) is 8.35. The van der Waals surface area contributed by atoms with E-state index < -0.39 is 15.8 Å². The average molecular weight is 366 g/mol. The SMILES string of the molecule is O=S(=O)(c1ccc(F)cc1)N1CCCN(c2nc(C3CC3)no2)CC1. The summed E-state index contributed by atoms with van der Waals surface area (Å²) in [7, 11) is -3.63. The molecule has 1 aromatic heterocycles. The molecule has 1 aliphatic carbocycles. The van der Waals surface area contributed by atoms with Gasteiger partial charge in [-0.25, -0.2) is 12.8 Å². The van der Waals surface area contributed by atoms with Crippen LogP contribution in [0.5, 0.6) is 0 Å². The second-order valence-electron chi connectivity index (χ2n) is 6.41. The third-order valence-electron chi connectivity index (χ3n) is 4.55. The number of nitrogens with zero attached hydrogens (tertiary/aromatic N) is 4. The number of hydrogen-bond acceptors (Lipinski definition) is 6. The Balaban J connectivity index is 1.47. The minimum absolute atomic E-state index is 0.108. The highest BCUT2D eigenvalue weighted by Gasteiger charge is 2.31. The van der Waals surface area contributed by atoms with Gasteiger partial charge < -0.3 is 9.42 Å². The van der Waals surface area contributed by atoms with Gasteiger partial charge in [0.2, 0.25) is 10.0 Å². The highest BCUT2D eigenvalue weighted by molar-refractivity contribution is 7.89. The fourth-order valence-electron chi connectivity index (χ4n) is 2.94. The fourth-order valence-corrected chi connectivity index (χ4v) is 4.41. The van der Waals surface area contributed by atoms with Crippen molar-refractivity contribution >= 4 is 16.0 Å². The molecule has 0 N–H and O–H groups in total. The quantitative estimate of drug-likeness (QED) is 0.823. The van der Waals surface area contributed by atoms with E-state index in [4.69, 9.17) is 4.52 Å². The van der Waals surface area contributed by atoms with Gasteiger partial charge in [0.1, 0.15) is 5.82 Å². The lowest BCUT2D eigenvalue weighted by atomic mass is 10.4. The molecule has 7 nitrogen and oxygen atoms in total. The third-order valence-corrected chi connectivity index (χ3v) is 6.46. The molecule has 1 aliphatic heterocycles. The average Bonchev–Trinajstić information content (AvgIpc) is 3.38. The zero-order valence-corrected chi connectivity index (χ0v) is 14.5. The molecule has 2 aromatic rings. The number of hydrogen-bond donors (Lipinski definition) is 0. The maximum absolute atomic E-state index is 13.0. The van der Waals surface area contributed by atoms with Gasteiger partial charge in [0.05, 0.1) is 4.90 Å². The van der Waals surface area contributed by atoms with Crippen LogP contribution >= 0.6 is 0 Å². The highest BCUT2D eigenvalue weighted by Crippen LogP contribution is 2.38. The number of sulfonamides is 1. The predicted molar refractivity (Wildman–Crippen MR) is 88.3 cm³/mol. The van der Waals surface area contributed by atoms with Gasteiger partial charge in [0.25, 0.3) is 0 Å². The van der Waals surface area contributed by atoms with Gasteiger partial charge in [-0.2, -0.15) is 9.29 Å². The Labute approximate surface area is 145 Å². The van der Waals surface area contributed by atoms with Crippen molar-refractivity contribution in [1.82, 2.24) is 14.4 Å². The summed E-state index contributed by atoms with van der Waals surface area (Å²) in [6, 6.07) is 5.38. The topological polar surface area (TPSA) is 79.5 Å². The van der Waals surface area contributed by atoms with Crippen LogP contribution < -0.4 is 4.90 Å². The van der Waals surface area contributed by atoms with E-state index in [9.17, 15) is 12.8 Å². The monoisotopic (exact) mass is 366 g/mol. The molecule has 0 unspecified atom stereocenters. The number of benzene rings is 1. The van der Waals surface area contributed by atoms with Crippen molar-refractivity contribution < 1.29 is 17.3 Å². The summed E-state index contributed by atoms with van der Waals surface area (Å²) in [5.41, 5.74) is 0. The van der Waals surface area contributed by atoms with Gasteiger partial charge in [0, 0.05) is 32.1 Å². The third kappa shape index (κ3) is 3.38. The fraction of sp³-hybridized carbons (Fsp3) is 0.500. The minimum Gasteiger partial charge on any atom is -0.323 e. The van der Waals surface area contributed by atoms with E-state index in [1.807, 2.05) is 4.90 Å². The highest BCUT2D eigenvalue weighted by atomic mass is 32.2. The predicted octanol–water partition coefficient (Wildman–Crippen LogP) is 1.99. The zero-order chi connectivity index (χ0) is 17.4. The molecular formula is C16H19FN4O3S. The Bertz CT molecular complexity index is 849. The Kier molecular flexibility index (Phi) is 4.20. The van der Waals surface area contributed by atoms with E-state index in [-0.39, 0.29) is 4.90 Å². The maximum atomic E-state index is 13.0. The Morgan fingerprint density at radius 3 is 2.56 bits per heavy atom. The van der Waals surface area contributed by atoms with Crippen LogP contribution in [-0.2, 0) is 10.0 Å². The van der Waals surface area contributed by atoms with Crippen molar-refractivity contribution in [1.29, 1.82) is 0 Å². The van der Waals surface area contributed by atoms with Gasteiger partial charge in [-0.15, -0.1) is 0 Å². The van der Waals surface area contributed by atoms with E-state index >= 15 is 0 Å². The molecule has 1 saturated carbocycles. The van der Waals surface area contributed by atoms with Crippen LogP contribution in [0.3, 0.4) is 0 Å². The van der Waals surface area contributed by atoms with Crippen molar-refractivity contribution in [2.24, 2.45) is 0 Å². The number of rotatable bonds is 4. The Hall–Kier alpha value is -2.00. The molecule has 25 heavy (non-hydrogen) atoms. The van der Waals surface area contributed by atoms with Gasteiger partial charge in [-0.05, 0) is 43.5 Å². The molecule has 2 aliphatic rings. The lowest BCUT2D eigenvalue weighted by Crippen LogP contribution is -2.35. The normalized spacial score (nSPS) is 19.8. The van der Waals surface area contributed by atoms with Crippen molar-refractivity contribution in [2.75, 3.05) is 31.1 Å². The second kappa shape index (κ2) is 6.38. The van der Waals surface area contributed by atoms with Crippen LogP contribution in [0, 0.1) is 5.82 Å². The van der Waals surface area contributed by atoms with Crippen LogP contribution in [0.15, 0.2) is 33.7 Å². The standard InChI is InChI=1S/C16H19FN4O3S/c17-13-4-6-14(7-5-13)25(22,23)21-9-1-8-20(10-11-21)16-18-15(19-24-16)12-2-3-12/h4-7,12H,1-3,8-11H2. The smallest absolute Gasteiger partial charge is 0.323 e. The summed E-state index contributed by atoms with van der Waals surface area (Å²) in [6.07, 6.45) is 2.85. The van der Waals surface area contributed by atoms with Gasteiger partial charge in [-0.3, -0.25) is 0 Å². The number of halogens is 1. The van der Waals surface area contributed by atoms with E-state index in [2.05, 4.69) is 10.1 Å². The van der Waals surface area contributed by atoms with Gasteiger partial charge in [0.15, 0.2) is 5.82 Å². The lowest BCUT2D eigenvalue weighted by molar-refractivity contribution is 0.404. The first-order valence-electron chi connectivity index (χ1n) is 8.38. The van der Waals surface area contributed by atoms with Gasteiger partial charge >= 0.3 is 6.01 Å². The minimum atomic E-state index is -3.63. The number of anilines is 1. The molecule has 0 spiro atoms. The van der Waals surface area contributed by atoms with Crippen LogP contribution in [0.1, 0.15) is 31.0 Å². The maximum Gasteiger partial charge on any atom is 0.324 e. The molecule has 0 amide bonds. The molecule has 4 rings (SSSR count). The van der Waals surface area contributed by atoms with Crippen molar-refractivity contribution in [3.63, 3.8) is 0 Å². The first-order valence-corrected chi connectivity index (χ1v) is 9.82. The zero-order valence-electron chi connectivity index (χ0n) is 13.6. The molecule has 0 radical (unpaired) electrons. The molecule has 0 atom stereocenters. The van der Waals surface area contributed by atoms with E-state index in [0.717, 1.165) is 30.8 Å². The first kappa shape index (κ1) is 16.5. The molecule has 9 heteroatoms. The molecule has 1 saturated heterocycles. The molecule has 134 valence electrons. The first-order chi connectivity index (χ1) is 12.0. The summed E-state index contributed by atoms with van der Waals surface area (Å²) < 4.78 is 45.3. The van der Waals surface area contributed by atoms with Crippen LogP contribution in [0.4, 0.5) is 10.4 Å². The van der Waals surface area contributed by atoms with Crippen LogP contribution in [0.25, 0.3) is 0 Å². The van der Waals surface area contributed by atoms with E-state index in [0.29, 0.717) is 44.5 Å². The van der Waals surface area contributed by atoms with Crippen LogP contribution in [-0.4, -0.2) is 49.0 Å². The van der Waals surface area contributed by atoms with Gasteiger partial charge in [-0.1, -0.05) is 5.16 Å². The van der Waals surface area contributed by atoms with Crippen molar-refractivity contribution in [2.45, 2.75) is 30.1 Å². The Morgan fingerprint density at radius 1 is 1.08 bits per heavy atom. The Morgan fingerprint density at radius 2 is 1.84 bits per heavy atom. The summed E-state index contributed by atoms with van der Waals surface area (Å²) >= 11 is 0. The molecule has 2 fully saturated rings. The summed E-state index contributed by atoms with van der Waals surface area (Å²) in [5, 5.41) is 4.01. The van der Waals surface area contributed by atoms with E-state index in [1.54, 1.807) is 0 Å². The largest absolute Gasteiger partial charge is 0.324 e. The van der Waals surface area contributed by atoms with Crippen molar-refractivity contribution in [3.8, 4) is 0 Å². The summed E-state index contributed by atoms with van der Waals surface area (Å²) in [6.45, 7) is 1.86. The summed E-state index contributed by atoms with van der Waals surface area (Å²) in [4.78, 5) is 6.47.